The zero-order valence-electron chi connectivity index (χ0n) is 32.7. The molecule has 2 aromatic carbocycles. The van der Waals surface area contributed by atoms with E-state index in [0.717, 1.165) is 76.4 Å². The molecule has 0 N–H and O–H groups in total. The molecule has 8 nitrogen and oxygen atoms in total. The van der Waals surface area contributed by atoms with Crippen LogP contribution in [0.3, 0.4) is 0 Å². The monoisotopic (exact) mass is 731 g/mol. The molecule has 8 heteroatoms. The van der Waals surface area contributed by atoms with E-state index in [9.17, 15) is 9.59 Å². The molecule has 9 rings (SSSR count). The highest BCUT2D eigenvalue weighted by Crippen LogP contribution is 2.37. The summed E-state index contributed by atoms with van der Waals surface area (Å²) in [5.74, 6) is 0.528. The number of likely N-dealkylation sites (N-methyl/N-ethyl adjacent to an activating group) is 1. The number of aryl methyl sites for hydroxylation is 4. The largest absolute Gasteiger partial charge is 0.468 e. The fourth-order valence-electron chi connectivity index (χ4n) is 9.91. The number of benzene rings is 2. The Hall–Kier alpha value is -3.72. The third kappa shape index (κ3) is 8.72. The van der Waals surface area contributed by atoms with E-state index < -0.39 is 5.92 Å². The SMILES string of the molecule is CN(CC1=Cc2cc3c(cc2N(CCN2CCCCC2)C1)CCC3)Cc1ccco1.O=CC1Cc2cc3c(cc2N(CCN2CCCCC2)C1=O)CCC3. The first kappa shape index (κ1) is 37.2. The number of likely N-dealkylation sites (tertiary alicyclic amines) is 2. The van der Waals surface area contributed by atoms with Crippen molar-refractivity contribution >= 4 is 29.6 Å². The van der Waals surface area contributed by atoms with Crippen molar-refractivity contribution in [3.8, 4) is 0 Å². The van der Waals surface area contributed by atoms with E-state index in [1.54, 1.807) is 17.4 Å². The van der Waals surface area contributed by atoms with Crippen molar-refractivity contribution < 1.29 is 14.0 Å². The molecule has 2 aliphatic carbocycles. The maximum atomic E-state index is 12.8. The van der Waals surface area contributed by atoms with Crippen LogP contribution in [0.5, 0.6) is 0 Å². The van der Waals surface area contributed by atoms with E-state index >= 15 is 0 Å². The predicted molar refractivity (Wildman–Crippen MR) is 218 cm³/mol. The molecule has 288 valence electrons. The summed E-state index contributed by atoms with van der Waals surface area (Å²) < 4.78 is 5.55. The number of anilines is 2. The molecule has 1 unspecified atom stereocenters. The lowest BCUT2D eigenvalue weighted by atomic mass is 9.90. The summed E-state index contributed by atoms with van der Waals surface area (Å²) in [7, 11) is 2.19. The van der Waals surface area contributed by atoms with Crippen LogP contribution in [0.4, 0.5) is 11.4 Å². The summed E-state index contributed by atoms with van der Waals surface area (Å²) in [6, 6.07) is 13.5. The van der Waals surface area contributed by atoms with Crippen molar-refractivity contribution in [1.82, 2.24) is 14.7 Å². The highest BCUT2D eigenvalue weighted by Gasteiger charge is 2.34. The second-order valence-electron chi connectivity index (χ2n) is 16.9. The van der Waals surface area contributed by atoms with Gasteiger partial charge in [-0.25, -0.2) is 0 Å². The summed E-state index contributed by atoms with van der Waals surface area (Å²) >= 11 is 0. The van der Waals surface area contributed by atoms with E-state index in [-0.39, 0.29) is 5.91 Å². The lowest BCUT2D eigenvalue weighted by Gasteiger charge is -2.36. The van der Waals surface area contributed by atoms with Gasteiger partial charge in [0.05, 0.1) is 18.7 Å². The van der Waals surface area contributed by atoms with Crippen molar-refractivity contribution in [3.05, 3.63) is 87.4 Å². The Balaban J connectivity index is 0.000000157. The Kier molecular flexibility index (Phi) is 12.0. The summed E-state index contributed by atoms with van der Waals surface area (Å²) in [5, 5.41) is 0. The molecule has 4 aliphatic heterocycles. The molecule has 0 bridgehead atoms. The van der Waals surface area contributed by atoms with Crippen LogP contribution >= 0.6 is 0 Å². The zero-order chi connectivity index (χ0) is 36.9. The molecule has 1 amide bonds. The van der Waals surface area contributed by atoms with Crippen molar-refractivity contribution in [2.45, 2.75) is 90.0 Å². The number of carbonyl (C=O) groups is 2. The van der Waals surface area contributed by atoms with Gasteiger partial charge in [0, 0.05) is 50.6 Å². The van der Waals surface area contributed by atoms with Crippen molar-refractivity contribution in [1.29, 1.82) is 0 Å². The van der Waals surface area contributed by atoms with E-state index in [1.807, 2.05) is 11.0 Å². The molecule has 54 heavy (non-hydrogen) atoms. The number of hydrogen-bond donors (Lipinski definition) is 0. The number of rotatable bonds is 11. The summed E-state index contributed by atoms with van der Waals surface area (Å²) in [5.41, 5.74) is 12.6. The Morgan fingerprint density at radius 3 is 2.00 bits per heavy atom. The highest BCUT2D eigenvalue weighted by molar-refractivity contribution is 6.05. The first-order valence-corrected chi connectivity index (χ1v) is 21.2. The number of nitrogens with zero attached hydrogens (tertiary/aromatic N) is 5. The van der Waals surface area contributed by atoms with Gasteiger partial charge in [0.1, 0.15) is 12.0 Å². The van der Waals surface area contributed by atoms with Crippen molar-refractivity contribution in [2.24, 2.45) is 5.92 Å². The number of furan rings is 1. The summed E-state index contributed by atoms with van der Waals surface area (Å²) in [6.07, 6.45) is 20.9. The smallest absolute Gasteiger partial charge is 0.237 e. The van der Waals surface area contributed by atoms with Gasteiger partial charge in [-0.1, -0.05) is 25.0 Å². The molecule has 1 aromatic heterocycles. The molecule has 2 fully saturated rings. The Morgan fingerprint density at radius 1 is 0.722 bits per heavy atom. The fourth-order valence-corrected chi connectivity index (χ4v) is 9.91. The molecule has 0 radical (unpaired) electrons. The Morgan fingerprint density at radius 2 is 1.35 bits per heavy atom. The van der Waals surface area contributed by atoms with Gasteiger partial charge in [0.25, 0.3) is 0 Å². The molecule has 1 atom stereocenters. The third-order valence-corrected chi connectivity index (χ3v) is 12.8. The van der Waals surface area contributed by atoms with Gasteiger partial charge in [-0.05, 0) is 173 Å². The van der Waals surface area contributed by atoms with Crippen LogP contribution in [0.25, 0.3) is 6.08 Å². The van der Waals surface area contributed by atoms with Crippen LogP contribution in [-0.4, -0.2) is 99.4 Å². The Bertz CT molecular complexity index is 1790. The van der Waals surface area contributed by atoms with Crippen molar-refractivity contribution in [3.63, 3.8) is 0 Å². The van der Waals surface area contributed by atoms with Crippen LogP contribution in [0.15, 0.2) is 52.7 Å². The number of amides is 1. The highest BCUT2D eigenvalue weighted by atomic mass is 16.3. The molecule has 5 heterocycles. The predicted octanol–water partition coefficient (Wildman–Crippen LogP) is 6.96. The van der Waals surface area contributed by atoms with Crippen LogP contribution in [0.2, 0.25) is 0 Å². The van der Waals surface area contributed by atoms with Gasteiger partial charge < -0.3 is 28.8 Å². The first-order valence-electron chi connectivity index (χ1n) is 21.2. The Labute approximate surface area is 323 Å². The molecule has 2 saturated heterocycles. The van der Waals surface area contributed by atoms with Crippen LogP contribution in [0, 0.1) is 5.92 Å². The first-order chi connectivity index (χ1) is 26.5. The second kappa shape index (κ2) is 17.4. The molecule has 3 aromatic rings. The number of hydrogen-bond acceptors (Lipinski definition) is 7. The minimum Gasteiger partial charge on any atom is -0.468 e. The normalized spacial score (nSPS) is 21.3. The topological polar surface area (TPSA) is 63.5 Å². The van der Waals surface area contributed by atoms with Gasteiger partial charge in [0.15, 0.2) is 0 Å². The quantitative estimate of drug-likeness (QED) is 0.156. The lowest BCUT2D eigenvalue weighted by molar-refractivity contribution is -0.127. The van der Waals surface area contributed by atoms with E-state index in [0.29, 0.717) is 13.0 Å². The number of aldehydes is 1. The summed E-state index contributed by atoms with van der Waals surface area (Å²) in [4.78, 5) is 36.2. The van der Waals surface area contributed by atoms with Crippen LogP contribution < -0.4 is 9.80 Å². The second-order valence-corrected chi connectivity index (χ2v) is 16.9. The number of fused-ring (bicyclic) bond motifs is 4. The van der Waals surface area contributed by atoms with Gasteiger partial charge in [-0.2, -0.15) is 0 Å². The minimum atomic E-state index is -0.502. The van der Waals surface area contributed by atoms with Crippen LogP contribution in [-0.2, 0) is 48.2 Å². The van der Waals surface area contributed by atoms with Crippen LogP contribution in [0.1, 0.15) is 90.5 Å². The van der Waals surface area contributed by atoms with Gasteiger partial charge in [-0.15, -0.1) is 0 Å². The maximum absolute atomic E-state index is 12.8. The minimum absolute atomic E-state index is 0.00698. The molecular weight excluding hydrogens is 671 g/mol. The average molecular weight is 732 g/mol. The fraction of sp³-hybridized carbons (Fsp3) is 0.565. The molecular formula is C46H61N5O3. The standard InChI is InChI=1S/C26H35N3O.C20H26N2O2/c1-27(20-25-9-6-14-30-25)18-21-15-24-16-22-7-5-8-23(22)17-26(24)29(19-21)13-12-28-10-3-2-4-11-28;23-14-18-12-17-11-15-5-4-6-16(15)13-19(17)22(20(18)24)10-9-21-7-2-1-3-8-21/h6,9,14-17H,2-5,7-8,10-13,18-20H2,1H3;11,13-14,18H,1-10,12H2. The number of piperidine rings is 2. The lowest BCUT2D eigenvalue weighted by Crippen LogP contribution is -2.46. The van der Waals surface area contributed by atoms with E-state index in [4.69, 9.17) is 4.42 Å². The van der Waals surface area contributed by atoms with Gasteiger partial charge in [-0.3, -0.25) is 9.69 Å². The van der Waals surface area contributed by atoms with Crippen molar-refractivity contribution in [2.75, 3.05) is 82.3 Å². The maximum Gasteiger partial charge on any atom is 0.237 e. The number of carbonyl (C=O) groups excluding carboxylic acids is 2. The third-order valence-electron chi connectivity index (χ3n) is 12.8. The summed E-state index contributed by atoms with van der Waals surface area (Å²) in [6.45, 7) is 11.6. The van der Waals surface area contributed by atoms with Gasteiger partial charge in [0.2, 0.25) is 5.91 Å². The molecule has 6 aliphatic rings. The van der Waals surface area contributed by atoms with E-state index in [2.05, 4.69) is 63.1 Å². The zero-order valence-corrected chi connectivity index (χ0v) is 32.7. The van der Waals surface area contributed by atoms with E-state index in [1.165, 1.54) is 117 Å². The van der Waals surface area contributed by atoms with Gasteiger partial charge >= 0.3 is 0 Å². The molecule has 0 saturated carbocycles. The average Bonchev–Trinajstić information content (AvgIpc) is 3.99. The molecule has 0 spiro atoms.